The SMILES string of the molecule is COCc1c(C(=O)Nc2cccc(C3SCCCS3)c2)sc2cccc(F)c12. The summed E-state index contributed by atoms with van der Waals surface area (Å²) in [5.74, 6) is 1.78. The van der Waals surface area contributed by atoms with Crippen molar-refractivity contribution in [3.05, 3.63) is 64.3 Å². The van der Waals surface area contributed by atoms with Crippen molar-refractivity contribution in [2.75, 3.05) is 23.9 Å². The molecular weight excluding hydrogens is 413 g/mol. The maximum atomic E-state index is 14.3. The third kappa shape index (κ3) is 4.08. The van der Waals surface area contributed by atoms with E-state index in [-0.39, 0.29) is 18.3 Å². The monoisotopic (exact) mass is 433 g/mol. The van der Waals surface area contributed by atoms with E-state index < -0.39 is 0 Å². The third-order valence-corrected chi connectivity index (χ3v) is 8.71. The molecule has 1 fully saturated rings. The molecule has 2 heterocycles. The smallest absolute Gasteiger partial charge is 0.266 e. The molecule has 1 aliphatic heterocycles. The highest BCUT2D eigenvalue weighted by Gasteiger charge is 2.21. The van der Waals surface area contributed by atoms with Crippen LogP contribution in [0.1, 0.15) is 31.8 Å². The van der Waals surface area contributed by atoms with Gasteiger partial charge in [-0.1, -0.05) is 18.2 Å². The highest BCUT2D eigenvalue weighted by Crippen LogP contribution is 2.44. The van der Waals surface area contributed by atoms with Crippen LogP contribution < -0.4 is 5.32 Å². The summed E-state index contributed by atoms with van der Waals surface area (Å²) in [6.45, 7) is 0.194. The molecule has 2 aromatic carbocycles. The molecule has 1 aromatic heterocycles. The Morgan fingerprint density at radius 1 is 1.21 bits per heavy atom. The number of thiophene rings is 1. The zero-order valence-electron chi connectivity index (χ0n) is 15.4. The van der Waals surface area contributed by atoms with Crippen LogP contribution >= 0.6 is 34.9 Å². The molecule has 4 rings (SSSR count). The molecule has 3 aromatic rings. The molecule has 146 valence electrons. The van der Waals surface area contributed by atoms with Gasteiger partial charge in [0, 0.05) is 28.4 Å². The number of anilines is 1. The first-order chi connectivity index (χ1) is 13.7. The second-order valence-electron chi connectivity index (χ2n) is 6.46. The molecule has 0 unspecified atom stereocenters. The number of carbonyl (C=O) groups is 1. The quantitative estimate of drug-likeness (QED) is 0.512. The Kier molecular flexibility index (Phi) is 6.25. The van der Waals surface area contributed by atoms with Crippen LogP contribution in [0.25, 0.3) is 10.1 Å². The highest BCUT2D eigenvalue weighted by molar-refractivity contribution is 8.16. The first-order valence-corrected chi connectivity index (χ1v) is 11.9. The molecule has 3 nitrogen and oxygen atoms in total. The number of nitrogens with one attached hydrogen (secondary N) is 1. The lowest BCUT2D eigenvalue weighted by molar-refractivity contribution is 0.102. The van der Waals surface area contributed by atoms with Crippen molar-refractivity contribution in [3.8, 4) is 0 Å². The highest BCUT2D eigenvalue weighted by atomic mass is 32.2. The lowest BCUT2D eigenvalue weighted by atomic mass is 10.1. The van der Waals surface area contributed by atoms with E-state index in [1.807, 2.05) is 47.8 Å². The van der Waals surface area contributed by atoms with E-state index in [2.05, 4.69) is 11.4 Å². The van der Waals surface area contributed by atoms with Crippen molar-refractivity contribution in [1.29, 1.82) is 0 Å². The van der Waals surface area contributed by atoms with E-state index >= 15 is 0 Å². The average Bonchev–Trinajstić information content (AvgIpc) is 3.09. The Balaban J connectivity index is 1.62. The van der Waals surface area contributed by atoms with Crippen LogP contribution in [0.2, 0.25) is 0 Å². The summed E-state index contributed by atoms with van der Waals surface area (Å²) in [5.41, 5.74) is 2.58. The van der Waals surface area contributed by atoms with Gasteiger partial charge in [0.15, 0.2) is 0 Å². The van der Waals surface area contributed by atoms with Gasteiger partial charge in [0.05, 0.1) is 16.1 Å². The Labute approximate surface area is 176 Å². The van der Waals surface area contributed by atoms with Crippen molar-refractivity contribution in [1.82, 2.24) is 0 Å². The van der Waals surface area contributed by atoms with Crippen LogP contribution in [0, 0.1) is 5.82 Å². The summed E-state index contributed by atoms with van der Waals surface area (Å²) in [4.78, 5) is 13.5. The van der Waals surface area contributed by atoms with Gasteiger partial charge < -0.3 is 10.1 Å². The summed E-state index contributed by atoms with van der Waals surface area (Å²) < 4.78 is 20.8. The minimum Gasteiger partial charge on any atom is -0.380 e. The molecule has 0 radical (unpaired) electrons. The van der Waals surface area contributed by atoms with E-state index in [1.54, 1.807) is 13.2 Å². The zero-order chi connectivity index (χ0) is 19.5. The molecule has 1 N–H and O–H groups in total. The summed E-state index contributed by atoms with van der Waals surface area (Å²) in [5, 5.41) is 3.47. The number of fused-ring (bicyclic) bond motifs is 1. The molecule has 7 heteroatoms. The van der Waals surface area contributed by atoms with Gasteiger partial charge in [0.1, 0.15) is 5.82 Å². The lowest BCUT2D eigenvalue weighted by Crippen LogP contribution is -2.13. The fourth-order valence-corrected chi connectivity index (χ4v) is 7.25. The van der Waals surface area contributed by atoms with Crippen LogP contribution in [-0.2, 0) is 11.3 Å². The predicted molar refractivity (Wildman–Crippen MR) is 119 cm³/mol. The predicted octanol–water partition coefficient (Wildman–Crippen LogP) is 6.31. The van der Waals surface area contributed by atoms with E-state index in [0.717, 1.165) is 10.4 Å². The van der Waals surface area contributed by atoms with Crippen LogP contribution in [0.3, 0.4) is 0 Å². The lowest BCUT2D eigenvalue weighted by Gasteiger charge is -2.21. The largest absolute Gasteiger partial charge is 0.380 e. The second kappa shape index (κ2) is 8.86. The molecule has 0 atom stereocenters. The average molecular weight is 434 g/mol. The van der Waals surface area contributed by atoms with Gasteiger partial charge >= 0.3 is 0 Å². The van der Waals surface area contributed by atoms with Crippen molar-refractivity contribution >= 4 is 56.5 Å². The van der Waals surface area contributed by atoms with E-state index in [0.29, 0.717) is 20.4 Å². The van der Waals surface area contributed by atoms with Gasteiger partial charge in [-0.3, -0.25) is 4.79 Å². The zero-order valence-corrected chi connectivity index (χ0v) is 17.8. The molecule has 0 saturated carbocycles. The number of hydrogen-bond donors (Lipinski definition) is 1. The standard InChI is InChI=1S/C21H20FNO2S3/c1-25-12-15-18-16(22)7-3-8-17(18)28-19(15)20(24)23-14-6-2-5-13(11-14)21-26-9-4-10-27-21/h2-3,5-8,11,21H,4,9-10,12H2,1H3,(H,23,24). The minimum absolute atomic E-state index is 0.194. The van der Waals surface area contributed by atoms with Gasteiger partial charge in [0.25, 0.3) is 5.91 Å². The number of carbonyl (C=O) groups excluding carboxylic acids is 1. The summed E-state index contributed by atoms with van der Waals surface area (Å²) in [7, 11) is 1.55. The first kappa shape index (κ1) is 19.8. The molecule has 1 amide bonds. The molecule has 1 saturated heterocycles. The third-order valence-electron chi connectivity index (χ3n) is 4.50. The number of benzene rings is 2. The van der Waals surface area contributed by atoms with Crippen LogP contribution in [0.5, 0.6) is 0 Å². The Bertz CT molecular complexity index is 998. The van der Waals surface area contributed by atoms with Crippen LogP contribution in [0.4, 0.5) is 10.1 Å². The van der Waals surface area contributed by atoms with Crippen LogP contribution in [0.15, 0.2) is 42.5 Å². The number of ether oxygens (including phenoxy) is 1. The molecule has 0 aliphatic carbocycles. The van der Waals surface area contributed by atoms with Crippen LogP contribution in [-0.4, -0.2) is 24.5 Å². The molecule has 0 spiro atoms. The van der Waals surface area contributed by atoms with E-state index in [9.17, 15) is 9.18 Å². The summed E-state index contributed by atoms with van der Waals surface area (Å²) in [6, 6.07) is 12.9. The first-order valence-electron chi connectivity index (χ1n) is 9.00. The van der Waals surface area contributed by atoms with Gasteiger partial charge in [0.2, 0.25) is 0 Å². The van der Waals surface area contributed by atoms with Gasteiger partial charge in [-0.15, -0.1) is 34.9 Å². The summed E-state index contributed by atoms with van der Waals surface area (Å²) in [6.07, 6.45) is 1.24. The van der Waals surface area contributed by atoms with Gasteiger partial charge in [-0.25, -0.2) is 4.39 Å². The molecule has 1 aliphatic rings. The topological polar surface area (TPSA) is 38.3 Å². The molecular formula is C21H20FNO2S3. The number of amides is 1. The van der Waals surface area contributed by atoms with Crippen molar-refractivity contribution in [2.45, 2.75) is 17.6 Å². The maximum Gasteiger partial charge on any atom is 0.266 e. The van der Waals surface area contributed by atoms with Gasteiger partial charge in [-0.05, 0) is 47.8 Å². The normalized spacial score (nSPS) is 15.1. The number of methoxy groups -OCH3 is 1. The number of thioether (sulfide) groups is 2. The number of rotatable bonds is 5. The van der Waals surface area contributed by atoms with Crippen molar-refractivity contribution < 1.29 is 13.9 Å². The Morgan fingerprint density at radius 3 is 2.79 bits per heavy atom. The van der Waals surface area contributed by atoms with Crippen molar-refractivity contribution in [2.24, 2.45) is 0 Å². The molecule has 0 bridgehead atoms. The fraction of sp³-hybridized carbons (Fsp3) is 0.286. The maximum absolute atomic E-state index is 14.3. The molecule has 28 heavy (non-hydrogen) atoms. The fourth-order valence-electron chi connectivity index (χ4n) is 3.26. The van der Waals surface area contributed by atoms with E-state index in [4.69, 9.17) is 4.74 Å². The minimum atomic E-state index is -0.326. The number of halogens is 1. The second-order valence-corrected chi connectivity index (χ2v) is 10.2. The van der Waals surface area contributed by atoms with Gasteiger partial charge in [-0.2, -0.15) is 0 Å². The Hall–Kier alpha value is -1.54. The van der Waals surface area contributed by atoms with E-state index in [1.165, 1.54) is 40.9 Å². The van der Waals surface area contributed by atoms with Crippen molar-refractivity contribution in [3.63, 3.8) is 0 Å². The summed E-state index contributed by atoms with van der Waals surface area (Å²) >= 11 is 5.19. The Morgan fingerprint density at radius 2 is 2.00 bits per heavy atom. The number of hydrogen-bond acceptors (Lipinski definition) is 5.